The molecule has 4 N–H and O–H groups in total. The zero-order valence-corrected chi connectivity index (χ0v) is 9.20. The summed E-state index contributed by atoms with van der Waals surface area (Å²) in [5, 5.41) is 5.93. The molecule has 0 saturated carbocycles. The van der Waals surface area contributed by atoms with Gasteiger partial charge in [0.15, 0.2) is 0 Å². The molecule has 1 aromatic rings. The molecule has 0 radical (unpaired) electrons. The van der Waals surface area contributed by atoms with Gasteiger partial charge in [-0.1, -0.05) is 0 Å². The molecule has 1 aliphatic rings. The summed E-state index contributed by atoms with van der Waals surface area (Å²) in [6, 6.07) is 0. The second-order valence-electron chi connectivity index (χ2n) is 3.16. The summed E-state index contributed by atoms with van der Waals surface area (Å²) in [6.45, 7) is 1.40. The largest absolute Gasteiger partial charge is 0.379 e. The van der Waals surface area contributed by atoms with Crippen molar-refractivity contribution in [3.63, 3.8) is 0 Å². The Morgan fingerprint density at radius 2 is 2.12 bits per heavy atom. The summed E-state index contributed by atoms with van der Waals surface area (Å²) in [5.74, 6) is -0.0105. The lowest BCUT2D eigenvalue weighted by Crippen LogP contribution is -2.43. The van der Waals surface area contributed by atoms with Crippen LogP contribution in [0, 0.1) is 0 Å². The van der Waals surface area contributed by atoms with Crippen LogP contribution in [0.2, 0.25) is 0 Å². The van der Waals surface area contributed by atoms with Gasteiger partial charge >= 0.3 is 10.2 Å². The standard InChI is InChI=1S/C6H12N6O3S/c7-5-8-6(10-9-5)11-16(13,14)12-1-3-15-4-2-12/h1-4H2,(H4,7,8,9,10,11). The van der Waals surface area contributed by atoms with E-state index in [-0.39, 0.29) is 11.9 Å². The van der Waals surface area contributed by atoms with Gasteiger partial charge < -0.3 is 10.5 Å². The van der Waals surface area contributed by atoms with Gasteiger partial charge in [0.1, 0.15) is 0 Å². The average Bonchev–Trinajstić information content (AvgIpc) is 2.64. The maximum absolute atomic E-state index is 11.8. The van der Waals surface area contributed by atoms with Gasteiger partial charge in [0.2, 0.25) is 5.95 Å². The lowest BCUT2D eigenvalue weighted by molar-refractivity contribution is 0.0733. The van der Waals surface area contributed by atoms with E-state index in [2.05, 4.69) is 19.9 Å². The van der Waals surface area contributed by atoms with Gasteiger partial charge in [-0.2, -0.15) is 17.7 Å². The van der Waals surface area contributed by atoms with E-state index in [0.29, 0.717) is 26.3 Å². The smallest absolute Gasteiger partial charge is 0.304 e. The third-order valence-corrected chi connectivity index (χ3v) is 3.52. The van der Waals surface area contributed by atoms with Crippen molar-refractivity contribution in [1.29, 1.82) is 0 Å². The molecular formula is C6H12N6O3S. The number of hydrogen-bond acceptors (Lipinski definition) is 6. The summed E-state index contributed by atoms with van der Waals surface area (Å²) in [6.07, 6.45) is 0. The third kappa shape index (κ3) is 2.40. The fraction of sp³-hybridized carbons (Fsp3) is 0.667. The molecule has 0 aliphatic carbocycles. The maximum Gasteiger partial charge on any atom is 0.304 e. The van der Waals surface area contributed by atoms with E-state index in [1.807, 2.05) is 0 Å². The number of anilines is 2. The highest BCUT2D eigenvalue weighted by atomic mass is 32.2. The van der Waals surface area contributed by atoms with Crippen LogP contribution in [-0.2, 0) is 14.9 Å². The molecule has 0 bridgehead atoms. The first-order valence-electron chi connectivity index (χ1n) is 4.61. The molecule has 16 heavy (non-hydrogen) atoms. The molecule has 2 heterocycles. The van der Waals surface area contributed by atoms with Gasteiger partial charge in [-0.25, -0.2) is 9.82 Å². The Morgan fingerprint density at radius 3 is 2.69 bits per heavy atom. The molecule has 2 rings (SSSR count). The van der Waals surface area contributed by atoms with Crippen LogP contribution in [0.5, 0.6) is 0 Å². The first-order chi connectivity index (χ1) is 7.58. The molecule has 10 heteroatoms. The molecule has 0 unspecified atom stereocenters. The second kappa shape index (κ2) is 4.23. The van der Waals surface area contributed by atoms with E-state index in [1.54, 1.807) is 0 Å². The zero-order chi connectivity index (χ0) is 11.6. The Kier molecular flexibility index (Phi) is 2.94. The Bertz CT molecular complexity index is 451. The Balaban J connectivity index is 2.07. The normalized spacial score (nSPS) is 18.5. The number of ether oxygens (including phenoxy) is 1. The maximum atomic E-state index is 11.8. The molecule has 9 nitrogen and oxygen atoms in total. The monoisotopic (exact) mass is 248 g/mol. The minimum absolute atomic E-state index is 0.0553. The summed E-state index contributed by atoms with van der Waals surface area (Å²) in [7, 11) is -3.62. The Labute approximate surface area is 92.2 Å². The number of aromatic nitrogens is 3. The molecule has 0 spiro atoms. The van der Waals surface area contributed by atoms with Gasteiger partial charge in [-0.3, -0.25) is 0 Å². The highest BCUT2D eigenvalue weighted by Crippen LogP contribution is 2.08. The Morgan fingerprint density at radius 1 is 1.44 bits per heavy atom. The van der Waals surface area contributed by atoms with E-state index in [4.69, 9.17) is 10.5 Å². The fourth-order valence-electron chi connectivity index (χ4n) is 1.29. The summed E-state index contributed by atoms with van der Waals surface area (Å²) >= 11 is 0. The minimum Gasteiger partial charge on any atom is -0.379 e. The van der Waals surface area contributed by atoms with Crippen LogP contribution in [-0.4, -0.2) is 54.2 Å². The first-order valence-corrected chi connectivity index (χ1v) is 6.05. The number of nitrogens with one attached hydrogen (secondary N) is 2. The summed E-state index contributed by atoms with van der Waals surface area (Å²) in [5.41, 5.74) is 5.28. The van der Waals surface area contributed by atoms with Crippen LogP contribution < -0.4 is 10.5 Å². The van der Waals surface area contributed by atoms with Crippen molar-refractivity contribution in [2.24, 2.45) is 0 Å². The van der Waals surface area contributed by atoms with Crippen LogP contribution >= 0.6 is 0 Å². The van der Waals surface area contributed by atoms with E-state index >= 15 is 0 Å². The van der Waals surface area contributed by atoms with Crippen molar-refractivity contribution in [3.8, 4) is 0 Å². The van der Waals surface area contributed by atoms with E-state index in [1.165, 1.54) is 4.31 Å². The molecule has 1 fully saturated rings. The van der Waals surface area contributed by atoms with Gasteiger partial charge in [-0.15, -0.1) is 5.10 Å². The predicted molar refractivity (Wildman–Crippen MR) is 55.7 cm³/mol. The van der Waals surface area contributed by atoms with Crippen LogP contribution in [0.4, 0.5) is 11.9 Å². The van der Waals surface area contributed by atoms with Crippen molar-refractivity contribution in [3.05, 3.63) is 0 Å². The molecule has 0 atom stereocenters. The van der Waals surface area contributed by atoms with Crippen molar-refractivity contribution in [1.82, 2.24) is 19.5 Å². The first kappa shape index (κ1) is 11.1. The number of H-pyrrole nitrogens is 1. The summed E-state index contributed by atoms with van der Waals surface area (Å²) in [4.78, 5) is 3.65. The number of nitrogens with two attached hydrogens (primary N) is 1. The van der Waals surface area contributed by atoms with Gasteiger partial charge in [-0.05, 0) is 0 Å². The average molecular weight is 248 g/mol. The number of hydrogen-bond donors (Lipinski definition) is 3. The minimum atomic E-state index is -3.62. The second-order valence-corrected chi connectivity index (χ2v) is 4.83. The SMILES string of the molecule is Nc1nc(NS(=O)(=O)N2CCOCC2)n[nH]1. The lowest BCUT2D eigenvalue weighted by atomic mass is 10.5. The quantitative estimate of drug-likeness (QED) is 0.590. The van der Waals surface area contributed by atoms with Crippen LogP contribution in [0.3, 0.4) is 0 Å². The fourth-order valence-corrected chi connectivity index (χ4v) is 2.37. The zero-order valence-electron chi connectivity index (χ0n) is 8.38. The van der Waals surface area contributed by atoms with Gasteiger partial charge in [0, 0.05) is 13.1 Å². The number of aromatic amines is 1. The highest BCUT2D eigenvalue weighted by molar-refractivity contribution is 7.90. The van der Waals surface area contributed by atoms with Crippen molar-refractivity contribution < 1.29 is 13.2 Å². The van der Waals surface area contributed by atoms with E-state index in [9.17, 15) is 8.42 Å². The molecule has 1 aromatic heterocycles. The van der Waals surface area contributed by atoms with Crippen LogP contribution in [0.25, 0.3) is 0 Å². The topological polar surface area (TPSA) is 126 Å². The molecule has 90 valence electrons. The van der Waals surface area contributed by atoms with Crippen LogP contribution in [0.1, 0.15) is 0 Å². The molecule has 1 saturated heterocycles. The van der Waals surface area contributed by atoms with Gasteiger partial charge in [0.25, 0.3) is 5.95 Å². The van der Waals surface area contributed by atoms with Crippen molar-refractivity contribution in [2.75, 3.05) is 36.8 Å². The molecule has 1 aliphatic heterocycles. The van der Waals surface area contributed by atoms with E-state index in [0.717, 1.165) is 0 Å². The van der Waals surface area contributed by atoms with Crippen molar-refractivity contribution >= 4 is 22.1 Å². The number of morpholine rings is 1. The van der Waals surface area contributed by atoms with Crippen LogP contribution in [0.15, 0.2) is 0 Å². The highest BCUT2D eigenvalue weighted by Gasteiger charge is 2.25. The molecular weight excluding hydrogens is 236 g/mol. The van der Waals surface area contributed by atoms with Crippen molar-refractivity contribution in [2.45, 2.75) is 0 Å². The third-order valence-electron chi connectivity index (χ3n) is 2.03. The van der Waals surface area contributed by atoms with E-state index < -0.39 is 10.2 Å². The lowest BCUT2D eigenvalue weighted by Gasteiger charge is -2.25. The number of nitrogen functional groups attached to an aromatic ring is 1. The molecule has 0 aromatic carbocycles. The number of rotatable bonds is 3. The predicted octanol–water partition coefficient (Wildman–Crippen LogP) is -1.62. The molecule has 0 amide bonds. The Hall–Kier alpha value is -1.39. The van der Waals surface area contributed by atoms with Gasteiger partial charge in [0.05, 0.1) is 13.2 Å². The number of nitrogens with zero attached hydrogens (tertiary/aromatic N) is 3. The summed E-state index contributed by atoms with van der Waals surface area (Å²) < 4.78 is 32.1.